The smallest absolute Gasteiger partial charge is 0.0460 e. The van der Waals surface area contributed by atoms with Crippen LogP contribution in [0.25, 0.3) is 22.3 Å². The molecule has 0 aliphatic heterocycles. The van der Waals surface area contributed by atoms with Crippen LogP contribution in [-0.4, -0.2) is 9.97 Å². The quantitative estimate of drug-likeness (QED) is 0.674. The maximum Gasteiger partial charge on any atom is 0.0460 e. The number of hydrogen-bond donors (Lipinski definition) is 0. The molecular formula is C16H10N2. The van der Waals surface area contributed by atoms with Gasteiger partial charge in [0, 0.05) is 35.9 Å². The Bertz CT molecular complexity index is 579. The Morgan fingerprint density at radius 3 is 2.39 bits per heavy atom. The van der Waals surface area contributed by atoms with Crippen LogP contribution in [0.3, 0.4) is 0 Å². The highest BCUT2D eigenvalue weighted by Gasteiger charge is 2.01. The molecular weight excluding hydrogens is 220 g/mol. The van der Waals surface area contributed by atoms with Crippen molar-refractivity contribution < 1.29 is 0 Å². The first-order chi connectivity index (χ1) is 8.93. The van der Waals surface area contributed by atoms with Crippen molar-refractivity contribution in [1.82, 2.24) is 9.97 Å². The third kappa shape index (κ3) is 2.07. The van der Waals surface area contributed by atoms with Gasteiger partial charge in [-0.25, -0.2) is 4.98 Å². The number of rotatable bonds is 2. The molecule has 0 atom stereocenters. The molecule has 0 aliphatic rings. The first-order valence-electron chi connectivity index (χ1n) is 5.68. The van der Waals surface area contributed by atoms with Crippen molar-refractivity contribution in [1.29, 1.82) is 0 Å². The van der Waals surface area contributed by atoms with Crippen molar-refractivity contribution in [2.45, 2.75) is 0 Å². The Balaban J connectivity index is 2.05. The van der Waals surface area contributed by atoms with Gasteiger partial charge < -0.3 is 0 Å². The molecule has 0 spiro atoms. The zero-order valence-electron chi connectivity index (χ0n) is 9.67. The zero-order valence-corrected chi connectivity index (χ0v) is 9.67. The minimum absolute atomic E-state index is 1.04. The lowest BCUT2D eigenvalue weighted by Gasteiger charge is -2.04. The van der Waals surface area contributed by atoms with E-state index in [2.05, 4.69) is 46.5 Å². The Morgan fingerprint density at radius 1 is 0.833 bits per heavy atom. The second kappa shape index (κ2) is 4.68. The Morgan fingerprint density at radius 2 is 1.67 bits per heavy atom. The standard InChI is InChI=1S/C16H10N2/c1-4-13(15-6-2-8-17-11-15)10-14(5-1)16-7-3-9-18-12-16/h1-2,4-8,10-12H. The summed E-state index contributed by atoms with van der Waals surface area (Å²) in [4.78, 5) is 8.11. The first-order valence-corrected chi connectivity index (χ1v) is 5.68. The lowest BCUT2D eigenvalue weighted by Crippen LogP contribution is -1.82. The van der Waals surface area contributed by atoms with Crippen LogP contribution in [0.4, 0.5) is 0 Å². The summed E-state index contributed by atoms with van der Waals surface area (Å²) in [5.74, 6) is 0. The number of pyridine rings is 1. The van der Waals surface area contributed by atoms with Crippen LogP contribution in [-0.2, 0) is 0 Å². The number of nitrogens with zero attached hydrogens (tertiary/aromatic N) is 2. The van der Waals surface area contributed by atoms with Gasteiger partial charge >= 0.3 is 0 Å². The van der Waals surface area contributed by atoms with Crippen LogP contribution in [0.2, 0.25) is 0 Å². The van der Waals surface area contributed by atoms with Gasteiger partial charge in [-0.2, -0.15) is 0 Å². The molecule has 0 amide bonds. The first kappa shape index (κ1) is 10.5. The summed E-state index contributed by atoms with van der Waals surface area (Å²) < 4.78 is 0. The number of benzene rings is 1. The lowest BCUT2D eigenvalue weighted by atomic mass is 10.0. The minimum atomic E-state index is 1.04. The number of hydrogen-bond acceptors (Lipinski definition) is 2. The molecule has 0 saturated carbocycles. The second-order valence-electron chi connectivity index (χ2n) is 3.94. The molecule has 0 N–H and O–H groups in total. The third-order valence-corrected chi connectivity index (χ3v) is 2.75. The van der Waals surface area contributed by atoms with Crippen molar-refractivity contribution in [3.8, 4) is 22.3 Å². The van der Waals surface area contributed by atoms with Gasteiger partial charge in [-0.3, -0.25) is 4.98 Å². The van der Waals surface area contributed by atoms with E-state index in [1.807, 2.05) is 24.4 Å². The largest absolute Gasteiger partial charge is 0.264 e. The summed E-state index contributed by atoms with van der Waals surface area (Å²) in [6.07, 6.45) is 8.09. The molecule has 18 heavy (non-hydrogen) atoms. The molecule has 2 nitrogen and oxygen atoms in total. The average molecular weight is 230 g/mol. The van der Waals surface area contributed by atoms with Crippen LogP contribution >= 0.6 is 0 Å². The molecule has 0 saturated heterocycles. The zero-order chi connectivity index (χ0) is 12.2. The van der Waals surface area contributed by atoms with Crippen molar-refractivity contribution in [2.75, 3.05) is 0 Å². The fourth-order valence-electron chi connectivity index (χ4n) is 1.86. The summed E-state index contributed by atoms with van der Waals surface area (Å²) in [5, 5.41) is 0. The van der Waals surface area contributed by atoms with Gasteiger partial charge in [0.15, 0.2) is 0 Å². The molecule has 84 valence electrons. The molecule has 2 heterocycles. The van der Waals surface area contributed by atoms with Crippen molar-refractivity contribution >= 4 is 0 Å². The van der Waals surface area contributed by atoms with Crippen molar-refractivity contribution in [3.63, 3.8) is 0 Å². The van der Waals surface area contributed by atoms with Gasteiger partial charge in [0.2, 0.25) is 0 Å². The molecule has 0 fully saturated rings. The van der Waals surface area contributed by atoms with E-state index in [0.29, 0.717) is 0 Å². The Labute approximate surface area is 106 Å². The van der Waals surface area contributed by atoms with E-state index in [4.69, 9.17) is 0 Å². The van der Waals surface area contributed by atoms with Gasteiger partial charge in [0.1, 0.15) is 0 Å². The van der Waals surface area contributed by atoms with E-state index >= 15 is 0 Å². The molecule has 0 radical (unpaired) electrons. The number of aromatic nitrogens is 2. The highest BCUT2D eigenvalue weighted by Crippen LogP contribution is 2.24. The summed E-state index contributed by atoms with van der Waals surface area (Å²) >= 11 is 0. The van der Waals surface area contributed by atoms with E-state index in [1.165, 1.54) is 0 Å². The van der Waals surface area contributed by atoms with E-state index < -0.39 is 0 Å². The van der Waals surface area contributed by atoms with Crippen molar-refractivity contribution in [3.05, 3.63) is 73.3 Å². The van der Waals surface area contributed by atoms with Crippen LogP contribution in [0.5, 0.6) is 0 Å². The topological polar surface area (TPSA) is 25.8 Å². The molecule has 0 bridgehead atoms. The van der Waals surface area contributed by atoms with E-state index in [1.54, 1.807) is 12.4 Å². The highest BCUT2D eigenvalue weighted by molar-refractivity contribution is 5.71. The molecule has 2 aromatic heterocycles. The van der Waals surface area contributed by atoms with Gasteiger partial charge in [0.25, 0.3) is 0 Å². The SMILES string of the molecule is c1cc(-c2cccc(-c3cccnc3)c2)cnc#1. The van der Waals surface area contributed by atoms with E-state index in [-0.39, 0.29) is 0 Å². The Hall–Kier alpha value is -2.66. The van der Waals surface area contributed by atoms with Crippen LogP contribution in [0.15, 0.2) is 61.1 Å². The molecule has 3 rings (SSSR count). The van der Waals surface area contributed by atoms with Gasteiger partial charge in [-0.1, -0.05) is 24.3 Å². The minimum Gasteiger partial charge on any atom is -0.264 e. The molecule has 0 aliphatic carbocycles. The summed E-state index contributed by atoms with van der Waals surface area (Å²) in [6.45, 7) is 0. The van der Waals surface area contributed by atoms with Crippen LogP contribution < -0.4 is 0 Å². The average Bonchev–Trinajstić information content (AvgIpc) is 2.49. The third-order valence-electron chi connectivity index (χ3n) is 2.75. The predicted molar refractivity (Wildman–Crippen MR) is 70.6 cm³/mol. The fourth-order valence-corrected chi connectivity index (χ4v) is 1.86. The lowest BCUT2D eigenvalue weighted by molar-refractivity contribution is 1.33. The molecule has 2 heteroatoms. The van der Waals surface area contributed by atoms with Gasteiger partial charge in [-0.05, 0) is 35.4 Å². The molecule has 3 aromatic rings. The predicted octanol–water partition coefficient (Wildman–Crippen LogP) is 3.41. The summed E-state index contributed by atoms with van der Waals surface area (Å²) in [5.41, 5.74) is 4.42. The van der Waals surface area contributed by atoms with Crippen LogP contribution in [0.1, 0.15) is 0 Å². The van der Waals surface area contributed by atoms with E-state index in [0.717, 1.165) is 22.3 Å². The fraction of sp³-hybridized carbons (Fsp3) is 0. The summed E-state index contributed by atoms with van der Waals surface area (Å²) in [7, 11) is 0. The monoisotopic (exact) mass is 230 g/mol. The maximum absolute atomic E-state index is 4.14. The van der Waals surface area contributed by atoms with Gasteiger partial charge in [-0.15, -0.1) is 0 Å². The molecule has 0 unspecified atom stereocenters. The van der Waals surface area contributed by atoms with Gasteiger partial charge in [0.05, 0.1) is 0 Å². The highest BCUT2D eigenvalue weighted by atomic mass is 14.6. The normalized spacial score (nSPS) is 9.78. The van der Waals surface area contributed by atoms with Crippen LogP contribution in [0, 0.1) is 12.3 Å². The summed E-state index contributed by atoms with van der Waals surface area (Å²) in [6, 6.07) is 17.0. The second-order valence-corrected chi connectivity index (χ2v) is 3.94. The Kier molecular flexibility index (Phi) is 2.73. The van der Waals surface area contributed by atoms with E-state index in [9.17, 15) is 0 Å². The maximum atomic E-state index is 4.14. The molecule has 1 aromatic carbocycles. The van der Waals surface area contributed by atoms with Crippen molar-refractivity contribution in [2.24, 2.45) is 0 Å².